The molecular weight excluding hydrogens is 512 g/mol. The van der Waals surface area contributed by atoms with Gasteiger partial charge in [-0.25, -0.2) is 0 Å². The third kappa shape index (κ3) is 5.80. The molecule has 0 bridgehead atoms. The van der Waals surface area contributed by atoms with Gasteiger partial charge in [0.1, 0.15) is 25.4 Å². The Kier molecular flexibility index (Phi) is 7.77. The number of piperidine rings is 1. The highest BCUT2D eigenvalue weighted by atomic mass is 16.6. The number of carbonyl (C=O) groups excluding carboxylic acids is 2. The Morgan fingerprint density at radius 3 is 2.45 bits per heavy atom. The third-order valence-electron chi connectivity index (χ3n) is 7.67. The van der Waals surface area contributed by atoms with Gasteiger partial charge in [-0.05, 0) is 37.3 Å². The van der Waals surface area contributed by atoms with Crippen molar-refractivity contribution < 1.29 is 33.7 Å². The second kappa shape index (κ2) is 11.1. The van der Waals surface area contributed by atoms with Crippen LogP contribution in [0.3, 0.4) is 0 Å². The van der Waals surface area contributed by atoms with Gasteiger partial charge < -0.3 is 29.1 Å². The number of carboxylic acids is 1. The van der Waals surface area contributed by atoms with Crippen molar-refractivity contribution in [2.75, 3.05) is 37.7 Å². The van der Waals surface area contributed by atoms with Crippen LogP contribution < -0.4 is 14.4 Å². The van der Waals surface area contributed by atoms with Gasteiger partial charge in [-0.3, -0.25) is 14.4 Å². The van der Waals surface area contributed by atoms with E-state index in [1.165, 1.54) is 0 Å². The van der Waals surface area contributed by atoms with Crippen molar-refractivity contribution >= 4 is 23.5 Å². The molecule has 3 aliphatic rings. The predicted octanol–water partition coefficient (Wildman–Crippen LogP) is 4.35. The van der Waals surface area contributed by atoms with E-state index in [0.29, 0.717) is 57.2 Å². The fourth-order valence-corrected chi connectivity index (χ4v) is 5.70. The number of benzene rings is 2. The molecule has 0 unspecified atom stereocenters. The number of hydrogen-bond acceptors (Lipinski definition) is 6. The summed E-state index contributed by atoms with van der Waals surface area (Å²) in [7, 11) is 0. The Balaban J connectivity index is 1.54. The second-order valence-electron chi connectivity index (χ2n) is 12.1. The number of fused-ring (bicyclic) bond motifs is 2. The number of amides is 2. The van der Waals surface area contributed by atoms with Gasteiger partial charge in [0, 0.05) is 36.4 Å². The first-order valence-electron chi connectivity index (χ1n) is 14.0. The van der Waals surface area contributed by atoms with Crippen LogP contribution in [0.25, 0.3) is 0 Å². The minimum Gasteiger partial charge on any atom is -0.486 e. The number of anilines is 1. The maximum absolute atomic E-state index is 14.2. The molecule has 0 saturated carbocycles. The maximum Gasteiger partial charge on any atom is 0.306 e. The molecule has 2 aromatic carbocycles. The van der Waals surface area contributed by atoms with Crippen molar-refractivity contribution in [3.8, 4) is 11.5 Å². The zero-order chi connectivity index (χ0) is 28.6. The Morgan fingerprint density at radius 2 is 1.75 bits per heavy atom. The summed E-state index contributed by atoms with van der Waals surface area (Å²) in [5.74, 6) is -0.552. The number of aliphatic carboxylic acids is 1. The predicted molar refractivity (Wildman–Crippen MR) is 149 cm³/mol. The Labute approximate surface area is 235 Å². The number of rotatable bonds is 5. The monoisotopic (exact) mass is 550 g/mol. The van der Waals surface area contributed by atoms with E-state index < -0.39 is 24.1 Å². The van der Waals surface area contributed by atoms with Crippen molar-refractivity contribution in [2.24, 2.45) is 11.3 Å². The van der Waals surface area contributed by atoms with Crippen LogP contribution in [-0.4, -0.2) is 66.7 Å². The zero-order valence-corrected chi connectivity index (χ0v) is 23.6. The lowest BCUT2D eigenvalue weighted by molar-refractivity contribution is -0.148. The summed E-state index contributed by atoms with van der Waals surface area (Å²) >= 11 is 0. The highest BCUT2D eigenvalue weighted by Crippen LogP contribution is 2.46. The summed E-state index contributed by atoms with van der Waals surface area (Å²) in [5, 5.41) is 9.35. The molecular formula is C31H38N2O7. The van der Waals surface area contributed by atoms with Crippen LogP contribution in [0.4, 0.5) is 5.69 Å². The van der Waals surface area contributed by atoms with E-state index in [0.717, 1.165) is 22.4 Å². The molecule has 0 aliphatic carbocycles. The molecule has 3 heterocycles. The van der Waals surface area contributed by atoms with E-state index in [1.807, 2.05) is 43.3 Å². The summed E-state index contributed by atoms with van der Waals surface area (Å²) < 4.78 is 18.5. The lowest BCUT2D eigenvalue weighted by atomic mass is 9.93. The van der Waals surface area contributed by atoms with Crippen LogP contribution in [0.5, 0.6) is 11.5 Å². The standard InChI is InChI=1S/C31H38N2O7/c1-19-8-9-23-22(16-19)27(21-6-5-7-24-28(21)39-15-14-38-24)40-25(29(35)33(23)18-31(2,3)4)17-26(34)32-12-10-20(11-13-32)30(36)37/h5-9,16,20,25,27H,10-15,17-18H2,1-4H3,(H,36,37)/t25-,27-/m1/s1. The number of carbonyl (C=O) groups is 3. The van der Waals surface area contributed by atoms with Crippen LogP contribution in [0.2, 0.25) is 0 Å². The van der Waals surface area contributed by atoms with Crippen molar-refractivity contribution in [3.05, 3.63) is 53.1 Å². The molecule has 2 aromatic rings. The van der Waals surface area contributed by atoms with Crippen molar-refractivity contribution in [1.29, 1.82) is 0 Å². The van der Waals surface area contributed by atoms with Crippen LogP contribution in [-0.2, 0) is 19.1 Å². The zero-order valence-electron chi connectivity index (χ0n) is 23.6. The van der Waals surface area contributed by atoms with Gasteiger partial charge >= 0.3 is 5.97 Å². The van der Waals surface area contributed by atoms with Gasteiger partial charge in [-0.2, -0.15) is 0 Å². The minimum atomic E-state index is -1.04. The van der Waals surface area contributed by atoms with Crippen molar-refractivity contribution in [2.45, 2.75) is 59.2 Å². The number of likely N-dealkylation sites (tertiary alicyclic amines) is 1. The van der Waals surface area contributed by atoms with E-state index in [4.69, 9.17) is 14.2 Å². The van der Waals surface area contributed by atoms with Crippen molar-refractivity contribution in [1.82, 2.24) is 4.90 Å². The quantitative estimate of drug-likeness (QED) is 0.590. The molecule has 0 aromatic heterocycles. The molecule has 1 saturated heterocycles. The molecule has 2 amide bonds. The van der Waals surface area contributed by atoms with Crippen LogP contribution >= 0.6 is 0 Å². The average Bonchev–Trinajstić information content (AvgIpc) is 3.02. The number of hydrogen-bond donors (Lipinski definition) is 1. The number of nitrogens with zero attached hydrogens (tertiary/aromatic N) is 2. The molecule has 1 fully saturated rings. The largest absolute Gasteiger partial charge is 0.486 e. The molecule has 0 spiro atoms. The molecule has 2 atom stereocenters. The smallest absolute Gasteiger partial charge is 0.306 e. The number of aryl methyl sites for hydroxylation is 1. The van der Waals surface area contributed by atoms with Gasteiger partial charge in [-0.1, -0.05) is 50.6 Å². The minimum absolute atomic E-state index is 0.132. The number of para-hydroxylation sites is 1. The first-order valence-corrected chi connectivity index (χ1v) is 14.0. The normalized spacial score (nSPS) is 21.6. The lowest BCUT2D eigenvalue weighted by Gasteiger charge is -2.33. The number of ether oxygens (including phenoxy) is 3. The first-order chi connectivity index (χ1) is 19.0. The fraction of sp³-hybridized carbons (Fsp3) is 0.516. The summed E-state index contributed by atoms with van der Waals surface area (Å²) in [6.07, 6.45) is -1.04. The Hall–Kier alpha value is -3.59. The maximum atomic E-state index is 14.2. The Morgan fingerprint density at radius 1 is 1.02 bits per heavy atom. The summed E-state index contributed by atoms with van der Waals surface area (Å²) in [4.78, 5) is 42.5. The second-order valence-corrected chi connectivity index (χ2v) is 12.1. The molecule has 9 nitrogen and oxygen atoms in total. The van der Waals surface area contributed by atoms with E-state index in [1.54, 1.807) is 9.80 Å². The lowest BCUT2D eigenvalue weighted by Crippen LogP contribution is -2.47. The number of carboxylic acid groups (broad SMARTS) is 1. The van der Waals surface area contributed by atoms with E-state index >= 15 is 0 Å². The summed E-state index contributed by atoms with van der Waals surface area (Å²) in [6, 6.07) is 11.6. The highest BCUT2D eigenvalue weighted by molar-refractivity contribution is 6.00. The van der Waals surface area contributed by atoms with Crippen LogP contribution in [0.15, 0.2) is 36.4 Å². The molecule has 0 radical (unpaired) electrons. The third-order valence-corrected chi connectivity index (χ3v) is 7.67. The highest BCUT2D eigenvalue weighted by Gasteiger charge is 2.41. The van der Waals surface area contributed by atoms with Gasteiger partial charge in [0.05, 0.1) is 12.3 Å². The van der Waals surface area contributed by atoms with Crippen LogP contribution in [0.1, 0.15) is 62.8 Å². The van der Waals surface area contributed by atoms with Gasteiger partial charge in [-0.15, -0.1) is 0 Å². The van der Waals surface area contributed by atoms with Gasteiger partial charge in [0.15, 0.2) is 11.5 Å². The molecule has 3 aliphatic heterocycles. The fourth-order valence-electron chi connectivity index (χ4n) is 5.70. The molecule has 1 N–H and O–H groups in total. The van der Waals surface area contributed by atoms with Crippen LogP contribution in [0, 0.1) is 18.3 Å². The van der Waals surface area contributed by atoms with E-state index in [-0.39, 0.29) is 23.7 Å². The molecule has 40 heavy (non-hydrogen) atoms. The van der Waals surface area contributed by atoms with Gasteiger partial charge in [0.25, 0.3) is 5.91 Å². The SMILES string of the molecule is Cc1ccc2c(c1)[C@@H](c1cccc3c1OCCO3)O[C@H](CC(=O)N1CCC(C(=O)O)CC1)C(=O)N2CC(C)(C)C. The van der Waals surface area contributed by atoms with E-state index in [2.05, 4.69) is 20.8 Å². The Bertz CT molecular complexity index is 1290. The average molecular weight is 551 g/mol. The molecule has 214 valence electrons. The van der Waals surface area contributed by atoms with E-state index in [9.17, 15) is 19.5 Å². The van der Waals surface area contributed by atoms with Crippen molar-refractivity contribution in [3.63, 3.8) is 0 Å². The summed E-state index contributed by atoms with van der Waals surface area (Å²) in [5.41, 5.74) is 3.13. The first kappa shape index (κ1) is 28.0. The van der Waals surface area contributed by atoms with Gasteiger partial charge in [0.2, 0.25) is 5.91 Å². The molecule has 5 rings (SSSR count). The molecule has 9 heteroatoms. The summed E-state index contributed by atoms with van der Waals surface area (Å²) in [6.45, 7) is 10.2. The topological polar surface area (TPSA) is 106 Å².